The lowest BCUT2D eigenvalue weighted by molar-refractivity contribution is -0.131. The van der Waals surface area contributed by atoms with Gasteiger partial charge < -0.3 is 20.3 Å². The number of ether oxygens (including phenoxy) is 1. The molecule has 1 aliphatic heterocycles. The fourth-order valence-electron chi connectivity index (χ4n) is 6.03. The highest BCUT2D eigenvalue weighted by molar-refractivity contribution is 5.98. The molecule has 0 spiro atoms. The van der Waals surface area contributed by atoms with Gasteiger partial charge in [-0.2, -0.15) is 0 Å². The van der Waals surface area contributed by atoms with Gasteiger partial charge in [0, 0.05) is 37.0 Å². The van der Waals surface area contributed by atoms with Gasteiger partial charge in [-0.25, -0.2) is 9.97 Å². The molecule has 0 radical (unpaired) electrons. The van der Waals surface area contributed by atoms with Gasteiger partial charge in [-0.15, -0.1) is 0 Å². The lowest BCUT2D eigenvalue weighted by Crippen LogP contribution is -2.48. The maximum atomic E-state index is 13.4. The molecule has 4 rings (SSSR count). The predicted molar refractivity (Wildman–Crippen MR) is 158 cm³/mol. The van der Waals surface area contributed by atoms with Crippen LogP contribution in [0.5, 0.6) is 5.75 Å². The monoisotopic (exact) mass is 563 g/mol. The van der Waals surface area contributed by atoms with Crippen molar-refractivity contribution in [2.75, 3.05) is 26.2 Å². The second kappa shape index (κ2) is 15.1. The first-order valence-corrected chi connectivity index (χ1v) is 15.2. The van der Waals surface area contributed by atoms with Crippen LogP contribution >= 0.6 is 0 Å². The molecule has 2 heterocycles. The Morgan fingerprint density at radius 3 is 2.66 bits per heavy atom. The third kappa shape index (κ3) is 8.35. The van der Waals surface area contributed by atoms with Crippen molar-refractivity contribution in [2.45, 2.75) is 84.2 Å². The number of ketones is 1. The highest BCUT2D eigenvalue weighted by Crippen LogP contribution is 2.30. The molecular formula is C32H45N5O4. The maximum Gasteiger partial charge on any atom is 0.251 e. The Labute approximate surface area is 243 Å². The molecule has 41 heavy (non-hydrogen) atoms. The van der Waals surface area contributed by atoms with Crippen molar-refractivity contribution in [3.63, 3.8) is 0 Å². The SMILES string of the molecule is CCOc1cncnc1CNCC(=O)N1CCC[C@H](c2cccc(C(=O)N[C@@H](C(=O)C(C)C)C3CCCCC3)c2)C1. The Balaban J connectivity index is 1.35. The maximum absolute atomic E-state index is 13.4. The van der Waals surface area contributed by atoms with Gasteiger partial charge in [0.05, 0.1) is 31.1 Å². The highest BCUT2D eigenvalue weighted by Gasteiger charge is 2.32. The largest absolute Gasteiger partial charge is 0.490 e. The Kier molecular flexibility index (Phi) is 11.2. The first kappa shape index (κ1) is 30.6. The average Bonchev–Trinajstić information content (AvgIpc) is 3.01. The Bertz CT molecular complexity index is 1180. The van der Waals surface area contributed by atoms with Crippen molar-refractivity contribution in [3.8, 4) is 5.75 Å². The molecule has 1 saturated carbocycles. The quantitative estimate of drug-likeness (QED) is 0.396. The molecule has 2 aliphatic rings. The molecule has 1 aromatic heterocycles. The van der Waals surface area contributed by atoms with Gasteiger partial charge in [-0.1, -0.05) is 45.2 Å². The second-order valence-electron chi connectivity index (χ2n) is 11.6. The van der Waals surface area contributed by atoms with E-state index in [4.69, 9.17) is 4.74 Å². The molecule has 9 heteroatoms. The second-order valence-corrected chi connectivity index (χ2v) is 11.6. The van der Waals surface area contributed by atoms with Crippen molar-refractivity contribution < 1.29 is 19.1 Å². The molecule has 1 saturated heterocycles. The van der Waals surface area contributed by atoms with Gasteiger partial charge in [-0.05, 0) is 56.2 Å². The van der Waals surface area contributed by atoms with Crippen LogP contribution < -0.4 is 15.4 Å². The van der Waals surface area contributed by atoms with Gasteiger partial charge in [0.15, 0.2) is 11.5 Å². The molecule has 2 aromatic rings. The number of benzene rings is 1. The number of Topliss-reactive ketones (excluding diaryl/α,β-unsaturated/α-hetero) is 1. The number of rotatable bonds is 12. The third-order valence-corrected chi connectivity index (χ3v) is 8.30. The topological polar surface area (TPSA) is 114 Å². The van der Waals surface area contributed by atoms with Crippen molar-refractivity contribution >= 4 is 17.6 Å². The van der Waals surface area contributed by atoms with Crippen LogP contribution in [0.4, 0.5) is 0 Å². The van der Waals surface area contributed by atoms with E-state index in [-0.39, 0.29) is 41.9 Å². The number of aromatic nitrogens is 2. The van der Waals surface area contributed by atoms with E-state index < -0.39 is 6.04 Å². The molecule has 2 N–H and O–H groups in total. The molecule has 9 nitrogen and oxygen atoms in total. The van der Waals surface area contributed by atoms with Crippen LogP contribution in [0, 0.1) is 11.8 Å². The summed E-state index contributed by atoms with van der Waals surface area (Å²) in [5.41, 5.74) is 2.34. The Hall–Kier alpha value is -3.33. The normalized spacial score (nSPS) is 18.6. The Morgan fingerprint density at radius 1 is 1.10 bits per heavy atom. The van der Waals surface area contributed by atoms with Crippen molar-refractivity contribution in [2.24, 2.45) is 11.8 Å². The summed E-state index contributed by atoms with van der Waals surface area (Å²) in [5.74, 6) is 0.816. The molecule has 1 aliphatic carbocycles. The lowest BCUT2D eigenvalue weighted by atomic mass is 9.80. The molecule has 0 unspecified atom stereocenters. The van der Waals surface area contributed by atoms with E-state index in [0.717, 1.165) is 56.3 Å². The number of likely N-dealkylation sites (tertiary alicyclic amines) is 1. The minimum Gasteiger partial charge on any atom is -0.490 e. The van der Waals surface area contributed by atoms with Gasteiger partial charge in [0.1, 0.15) is 6.33 Å². The van der Waals surface area contributed by atoms with Gasteiger partial charge in [0.2, 0.25) is 5.91 Å². The molecule has 1 aromatic carbocycles. The molecule has 0 bridgehead atoms. The van der Waals surface area contributed by atoms with Crippen LogP contribution in [-0.4, -0.2) is 64.7 Å². The number of amides is 2. The zero-order chi connectivity index (χ0) is 29.2. The minimum atomic E-state index is -0.436. The van der Waals surface area contributed by atoms with Crippen LogP contribution in [-0.2, 0) is 16.1 Å². The summed E-state index contributed by atoms with van der Waals surface area (Å²) in [5, 5.41) is 6.31. The van der Waals surface area contributed by atoms with Crippen LogP contribution in [0.3, 0.4) is 0 Å². The van der Waals surface area contributed by atoms with Crippen LogP contribution in [0.25, 0.3) is 0 Å². The number of carbonyl (C=O) groups is 3. The molecular weight excluding hydrogens is 518 g/mol. The lowest BCUT2D eigenvalue weighted by Gasteiger charge is -2.33. The van der Waals surface area contributed by atoms with E-state index in [9.17, 15) is 14.4 Å². The summed E-state index contributed by atoms with van der Waals surface area (Å²) >= 11 is 0. The highest BCUT2D eigenvalue weighted by atomic mass is 16.5. The zero-order valence-electron chi connectivity index (χ0n) is 24.7. The Morgan fingerprint density at radius 2 is 1.90 bits per heavy atom. The van der Waals surface area contributed by atoms with Crippen LogP contribution in [0.2, 0.25) is 0 Å². The first-order valence-electron chi connectivity index (χ1n) is 15.2. The van der Waals surface area contributed by atoms with E-state index in [1.807, 2.05) is 49.9 Å². The summed E-state index contributed by atoms with van der Waals surface area (Å²) in [6.07, 6.45) is 10.4. The number of carbonyl (C=O) groups excluding carboxylic acids is 3. The zero-order valence-corrected chi connectivity index (χ0v) is 24.7. The van der Waals surface area contributed by atoms with Crippen LogP contribution in [0.15, 0.2) is 36.8 Å². The molecule has 222 valence electrons. The standard InChI is InChI=1S/C32H45N5O4/c1-4-41-28-18-34-21-35-27(28)17-33-19-29(38)37-15-9-14-26(20-37)24-12-8-13-25(16-24)32(40)36-30(31(39)22(2)3)23-10-6-5-7-11-23/h8,12-13,16,18,21-23,26,30,33H,4-7,9-11,14-15,17,19-20H2,1-3H3,(H,36,40)/t26-,30+/m0/s1. The predicted octanol–water partition coefficient (Wildman–Crippen LogP) is 4.27. The minimum absolute atomic E-state index is 0.0399. The van der Waals surface area contributed by atoms with Gasteiger partial charge in [-0.3, -0.25) is 14.4 Å². The summed E-state index contributed by atoms with van der Waals surface area (Å²) in [6, 6.07) is 7.26. The average molecular weight is 564 g/mol. The molecule has 2 atom stereocenters. The van der Waals surface area contributed by atoms with Crippen molar-refractivity contribution in [1.29, 1.82) is 0 Å². The fourth-order valence-corrected chi connectivity index (χ4v) is 6.03. The molecule has 2 fully saturated rings. The van der Waals surface area contributed by atoms with Gasteiger partial charge in [0.25, 0.3) is 5.91 Å². The summed E-state index contributed by atoms with van der Waals surface area (Å²) in [4.78, 5) is 49.7. The van der Waals surface area contributed by atoms with Crippen molar-refractivity contribution in [3.05, 3.63) is 53.6 Å². The first-order chi connectivity index (χ1) is 19.9. The van der Waals surface area contributed by atoms with E-state index in [2.05, 4.69) is 20.6 Å². The summed E-state index contributed by atoms with van der Waals surface area (Å²) in [6.45, 7) is 8.19. The number of hydrogen-bond acceptors (Lipinski definition) is 7. The summed E-state index contributed by atoms with van der Waals surface area (Å²) < 4.78 is 5.57. The summed E-state index contributed by atoms with van der Waals surface area (Å²) in [7, 11) is 0. The third-order valence-electron chi connectivity index (χ3n) is 8.30. The van der Waals surface area contributed by atoms with E-state index in [1.165, 1.54) is 12.7 Å². The number of nitrogens with one attached hydrogen (secondary N) is 2. The molecule has 2 amide bonds. The van der Waals surface area contributed by atoms with Gasteiger partial charge >= 0.3 is 0 Å². The smallest absolute Gasteiger partial charge is 0.251 e. The number of piperidine rings is 1. The van der Waals surface area contributed by atoms with Crippen LogP contribution in [0.1, 0.15) is 93.3 Å². The number of nitrogens with zero attached hydrogens (tertiary/aromatic N) is 3. The fraction of sp³-hybridized carbons (Fsp3) is 0.594. The van der Waals surface area contributed by atoms with E-state index in [1.54, 1.807) is 6.20 Å². The number of hydrogen-bond donors (Lipinski definition) is 2. The van der Waals surface area contributed by atoms with E-state index >= 15 is 0 Å². The van der Waals surface area contributed by atoms with E-state index in [0.29, 0.717) is 31.0 Å². The van der Waals surface area contributed by atoms with Crippen molar-refractivity contribution in [1.82, 2.24) is 25.5 Å².